The maximum absolute atomic E-state index is 12.3. The summed E-state index contributed by atoms with van der Waals surface area (Å²) in [6.07, 6.45) is 2.40. The Morgan fingerprint density at radius 1 is 1.36 bits per heavy atom. The maximum atomic E-state index is 12.3. The summed E-state index contributed by atoms with van der Waals surface area (Å²) >= 11 is 0. The van der Waals surface area contributed by atoms with E-state index in [-0.39, 0.29) is 24.1 Å². The Morgan fingerprint density at radius 3 is 2.68 bits per heavy atom. The molecule has 0 saturated carbocycles. The molecule has 1 aromatic carbocycles. The van der Waals surface area contributed by atoms with Gasteiger partial charge in [0.1, 0.15) is 17.9 Å². The molecule has 1 heterocycles. The zero-order chi connectivity index (χ0) is 16.1. The van der Waals surface area contributed by atoms with E-state index in [1.54, 1.807) is 28.9 Å². The van der Waals surface area contributed by atoms with E-state index in [0.717, 1.165) is 12.2 Å². The van der Waals surface area contributed by atoms with E-state index in [0.29, 0.717) is 11.5 Å². The molecule has 1 atom stereocenters. The van der Waals surface area contributed by atoms with E-state index >= 15 is 0 Å². The number of hydrogen-bond donors (Lipinski definition) is 2. The molecule has 6 nitrogen and oxygen atoms in total. The number of hydrogen-bond acceptors (Lipinski definition) is 4. The first-order valence-electron chi connectivity index (χ1n) is 7.37. The molecular weight excluding hydrogens is 280 g/mol. The van der Waals surface area contributed by atoms with Crippen molar-refractivity contribution < 1.29 is 9.90 Å². The average Bonchev–Trinajstić information content (AvgIpc) is 2.86. The third kappa shape index (κ3) is 4.07. The second kappa shape index (κ2) is 7.06. The molecule has 6 heteroatoms. The number of nitrogens with one attached hydrogen (secondary N) is 1. The SMILES string of the molecule is CC(C)CC(NC(=O)Cc1ccccc1O)c1ncnn1C. The summed E-state index contributed by atoms with van der Waals surface area (Å²) in [5, 5.41) is 16.8. The van der Waals surface area contributed by atoms with Crippen molar-refractivity contribution in [1.29, 1.82) is 0 Å². The number of amides is 1. The van der Waals surface area contributed by atoms with Crippen LogP contribution in [0.2, 0.25) is 0 Å². The van der Waals surface area contributed by atoms with Gasteiger partial charge in [0.15, 0.2) is 0 Å². The highest BCUT2D eigenvalue weighted by Crippen LogP contribution is 2.20. The number of carbonyl (C=O) groups is 1. The van der Waals surface area contributed by atoms with Gasteiger partial charge in [0.2, 0.25) is 5.91 Å². The number of nitrogens with zero attached hydrogens (tertiary/aromatic N) is 3. The minimum Gasteiger partial charge on any atom is -0.508 e. The predicted octanol–water partition coefficient (Wildman–Crippen LogP) is 1.97. The van der Waals surface area contributed by atoms with Crippen molar-refractivity contribution in [1.82, 2.24) is 20.1 Å². The van der Waals surface area contributed by atoms with Crippen LogP contribution in [0.4, 0.5) is 0 Å². The Bertz CT molecular complexity index is 637. The van der Waals surface area contributed by atoms with Gasteiger partial charge in [-0.1, -0.05) is 32.0 Å². The summed E-state index contributed by atoms with van der Waals surface area (Å²) in [7, 11) is 1.81. The maximum Gasteiger partial charge on any atom is 0.225 e. The van der Waals surface area contributed by atoms with Crippen molar-refractivity contribution in [2.75, 3.05) is 0 Å². The lowest BCUT2D eigenvalue weighted by Gasteiger charge is -2.20. The number of carbonyl (C=O) groups excluding carboxylic acids is 1. The highest BCUT2D eigenvalue weighted by Gasteiger charge is 2.21. The molecule has 1 aromatic heterocycles. The second-order valence-corrected chi connectivity index (χ2v) is 5.80. The van der Waals surface area contributed by atoms with Crippen LogP contribution < -0.4 is 5.32 Å². The highest BCUT2D eigenvalue weighted by molar-refractivity contribution is 5.79. The summed E-state index contributed by atoms with van der Waals surface area (Å²) in [6, 6.07) is 6.67. The third-order valence-electron chi connectivity index (χ3n) is 3.44. The highest BCUT2D eigenvalue weighted by atomic mass is 16.3. The van der Waals surface area contributed by atoms with Crippen LogP contribution in [0.25, 0.3) is 0 Å². The molecule has 2 rings (SSSR count). The molecule has 22 heavy (non-hydrogen) atoms. The summed E-state index contributed by atoms with van der Waals surface area (Å²) in [4.78, 5) is 16.5. The number of phenolic OH excluding ortho intramolecular Hbond substituents is 1. The fourth-order valence-electron chi connectivity index (χ4n) is 2.40. The quantitative estimate of drug-likeness (QED) is 0.855. The largest absolute Gasteiger partial charge is 0.508 e. The lowest BCUT2D eigenvalue weighted by molar-refractivity contribution is -0.121. The van der Waals surface area contributed by atoms with Gasteiger partial charge in [-0.2, -0.15) is 5.10 Å². The smallest absolute Gasteiger partial charge is 0.225 e. The lowest BCUT2D eigenvalue weighted by Crippen LogP contribution is -2.32. The molecule has 0 aliphatic heterocycles. The fourth-order valence-corrected chi connectivity index (χ4v) is 2.40. The normalized spacial score (nSPS) is 12.4. The summed E-state index contributed by atoms with van der Waals surface area (Å²) < 4.78 is 1.67. The first-order valence-corrected chi connectivity index (χ1v) is 7.37. The van der Waals surface area contributed by atoms with Crippen LogP contribution in [0.15, 0.2) is 30.6 Å². The van der Waals surface area contributed by atoms with E-state index in [4.69, 9.17) is 0 Å². The van der Waals surface area contributed by atoms with Gasteiger partial charge >= 0.3 is 0 Å². The summed E-state index contributed by atoms with van der Waals surface area (Å²) in [6.45, 7) is 4.19. The predicted molar refractivity (Wildman–Crippen MR) is 83.2 cm³/mol. The summed E-state index contributed by atoms with van der Waals surface area (Å²) in [5.74, 6) is 1.14. The Hall–Kier alpha value is -2.37. The first-order chi connectivity index (χ1) is 10.5. The van der Waals surface area contributed by atoms with Crippen molar-refractivity contribution in [2.24, 2.45) is 13.0 Å². The molecule has 118 valence electrons. The minimum absolute atomic E-state index is 0.136. The average molecular weight is 302 g/mol. The Morgan fingerprint density at radius 2 is 2.09 bits per heavy atom. The van der Waals surface area contributed by atoms with Crippen molar-refractivity contribution in [3.05, 3.63) is 42.0 Å². The third-order valence-corrected chi connectivity index (χ3v) is 3.44. The molecular formula is C16H22N4O2. The van der Waals surface area contributed by atoms with E-state index < -0.39 is 0 Å². The van der Waals surface area contributed by atoms with Crippen molar-refractivity contribution in [3.8, 4) is 5.75 Å². The van der Waals surface area contributed by atoms with Gasteiger partial charge in [0, 0.05) is 12.6 Å². The van der Waals surface area contributed by atoms with Gasteiger partial charge in [-0.15, -0.1) is 0 Å². The van der Waals surface area contributed by atoms with Gasteiger partial charge < -0.3 is 10.4 Å². The molecule has 2 aromatic rings. The summed E-state index contributed by atoms with van der Waals surface area (Å²) in [5.41, 5.74) is 0.612. The topological polar surface area (TPSA) is 80.0 Å². The zero-order valence-corrected chi connectivity index (χ0v) is 13.2. The lowest BCUT2D eigenvalue weighted by atomic mass is 10.0. The first kappa shape index (κ1) is 16.0. The van der Waals surface area contributed by atoms with Crippen LogP contribution in [-0.4, -0.2) is 25.8 Å². The number of rotatable bonds is 6. The minimum atomic E-state index is -0.189. The van der Waals surface area contributed by atoms with Gasteiger partial charge in [0.05, 0.1) is 12.5 Å². The van der Waals surface area contributed by atoms with Gasteiger partial charge in [-0.25, -0.2) is 4.98 Å². The molecule has 0 radical (unpaired) electrons. The molecule has 0 aliphatic carbocycles. The zero-order valence-electron chi connectivity index (χ0n) is 13.2. The molecule has 2 N–H and O–H groups in total. The van der Waals surface area contributed by atoms with Gasteiger partial charge in [-0.3, -0.25) is 9.48 Å². The molecule has 0 bridgehead atoms. The van der Waals surface area contributed by atoms with Crippen LogP contribution in [0, 0.1) is 5.92 Å². The Labute approximate surface area is 130 Å². The standard InChI is InChI=1S/C16H22N4O2/c1-11(2)8-13(16-17-10-18-20(16)3)19-15(22)9-12-6-4-5-7-14(12)21/h4-7,10-11,13,21H,8-9H2,1-3H3,(H,19,22). The monoisotopic (exact) mass is 302 g/mol. The Balaban J connectivity index is 2.09. The number of benzene rings is 1. The number of aromatic nitrogens is 3. The van der Waals surface area contributed by atoms with Gasteiger partial charge in [-0.05, 0) is 18.4 Å². The van der Waals surface area contributed by atoms with E-state index in [1.165, 1.54) is 6.33 Å². The van der Waals surface area contributed by atoms with Crippen molar-refractivity contribution in [3.63, 3.8) is 0 Å². The van der Waals surface area contributed by atoms with Crippen LogP contribution >= 0.6 is 0 Å². The van der Waals surface area contributed by atoms with E-state index in [9.17, 15) is 9.90 Å². The number of aromatic hydroxyl groups is 1. The van der Waals surface area contributed by atoms with Crippen LogP contribution in [0.3, 0.4) is 0 Å². The van der Waals surface area contributed by atoms with Gasteiger partial charge in [0.25, 0.3) is 0 Å². The molecule has 0 fully saturated rings. The van der Waals surface area contributed by atoms with Crippen LogP contribution in [0.1, 0.15) is 37.7 Å². The molecule has 1 amide bonds. The van der Waals surface area contributed by atoms with Crippen molar-refractivity contribution in [2.45, 2.75) is 32.7 Å². The van der Waals surface area contributed by atoms with E-state index in [1.807, 2.05) is 7.05 Å². The number of phenols is 1. The second-order valence-electron chi connectivity index (χ2n) is 5.80. The molecule has 0 aliphatic rings. The van der Waals surface area contributed by atoms with Crippen molar-refractivity contribution >= 4 is 5.91 Å². The molecule has 0 saturated heterocycles. The Kier molecular flexibility index (Phi) is 5.14. The molecule has 1 unspecified atom stereocenters. The van der Waals surface area contributed by atoms with E-state index in [2.05, 4.69) is 29.2 Å². The molecule has 0 spiro atoms. The number of para-hydroxylation sites is 1. The van der Waals surface area contributed by atoms with Crippen LogP contribution in [0.5, 0.6) is 5.75 Å². The fraction of sp³-hybridized carbons (Fsp3) is 0.438. The number of aryl methyl sites for hydroxylation is 1. The van der Waals surface area contributed by atoms with Crippen LogP contribution in [-0.2, 0) is 18.3 Å².